The Labute approximate surface area is 90.1 Å². The molecule has 0 saturated carbocycles. The quantitative estimate of drug-likeness (QED) is 0.563. The molecule has 82 valence electrons. The summed E-state index contributed by atoms with van der Waals surface area (Å²) >= 11 is 0. The van der Waals surface area contributed by atoms with Crippen LogP contribution in [0.25, 0.3) is 0 Å². The van der Waals surface area contributed by atoms with Gasteiger partial charge in [0.05, 0.1) is 7.11 Å². The molecule has 15 heavy (non-hydrogen) atoms. The highest BCUT2D eigenvalue weighted by Gasteiger charge is 2.51. The number of methoxy groups -OCH3 is 1. The molecule has 0 heterocycles. The number of unbranched alkanes of at least 4 members (excludes halogenated alkanes) is 2. The van der Waals surface area contributed by atoms with Crippen LogP contribution in [0.2, 0.25) is 0 Å². The van der Waals surface area contributed by atoms with Gasteiger partial charge in [-0.3, -0.25) is 4.79 Å². The molecule has 1 atom stereocenters. The lowest BCUT2D eigenvalue weighted by molar-refractivity contribution is -0.133. The van der Waals surface area contributed by atoms with Crippen LogP contribution in [-0.4, -0.2) is 23.6 Å². The molecule has 0 radical (unpaired) electrons. The Hall–Kier alpha value is -1.27. The van der Waals surface area contributed by atoms with Crippen LogP contribution >= 0.6 is 0 Å². The van der Waals surface area contributed by atoms with Crippen LogP contribution in [0.15, 0.2) is 11.3 Å². The molecule has 0 amide bonds. The van der Waals surface area contributed by atoms with Gasteiger partial charge in [-0.1, -0.05) is 25.2 Å². The van der Waals surface area contributed by atoms with E-state index >= 15 is 0 Å². The molecule has 1 N–H and O–H groups in total. The molecule has 0 saturated heterocycles. The number of ether oxygens (including phenoxy) is 1. The van der Waals surface area contributed by atoms with Gasteiger partial charge in [0.1, 0.15) is 0 Å². The largest absolute Gasteiger partial charge is 0.496 e. The second kappa shape index (κ2) is 4.50. The van der Waals surface area contributed by atoms with E-state index in [4.69, 9.17) is 4.74 Å². The summed E-state index contributed by atoms with van der Waals surface area (Å²) in [6, 6.07) is 0. The molecule has 1 aliphatic rings. The van der Waals surface area contributed by atoms with Crippen LogP contribution in [0.4, 0.5) is 0 Å². The SMILES string of the molecule is CCCCC#CC1(O)C(=O)C(C)=C1OC. The van der Waals surface area contributed by atoms with Crippen LogP contribution in [0.5, 0.6) is 0 Å². The second-order valence-electron chi connectivity index (χ2n) is 3.60. The van der Waals surface area contributed by atoms with Gasteiger partial charge in [0.2, 0.25) is 11.4 Å². The lowest BCUT2D eigenvalue weighted by Crippen LogP contribution is -2.49. The average Bonchev–Trinajstić information content (AvgIpc) is 2.24. The summed E-state index contributed by atoms with van der Waals surface area (Å²) < 4.78 is 4.95. The van der Waals surface area contributed by atoms with Crippen LogP contribution < -0.4 is 0 Å². The highest BCUT2D eigenvalue weighted by Crippen LogP contribution is 2.34. The second-order valence-corrected chi connectivity index (χ2v) is 3.60. The van der Waals surface area contributed by atoms with Gasteiger partial charge in [-0.25, -0.2) is 0 Å². The molecule has 0 bridgehead atoms. The van der Waals surface area contributed by atoms with Crippen molar-refractivity contribution >= 4 is 5.78 Å². The summed E-state index contributed by atoms with van der Waals surface area (Å²) in [5.74, 6) is 5.34. The van der Waals surface area contributed by atoms with E-state index in [1.165, 1.54) is 7.11 Å². The Balaban J connectivity index is 2.76. The number of Topliss-reactive ketones (excluding diaryl/α,β-unsaturated/α-hetero) is 1. The third-order valence-electron chi connectivity index (χ3n) is 2.47. The van der Waals surface area contributed by atoms with Crippen LogP contribution in [0, 0.1) is 11.8 Å². The highest BCUT2D eigenvalue weighted by atomic mass is 16.5. The zero-order valence-electron chi connectivity index (χ0n) is 9.39. The minimum Gasteiger partial charge on any atom is -0.496 e. The van der Waals surface area contributed by atoms with Crippen molar-refractivity contribution in [3.8, 4) is 11.8 Å². The maximum atomic E-state index is 11.4. The van der Waals surface area contributed by atoms with Gasteiger partial charge in [-0.05, 0) is 13.3 Å². The van der Waals surface area contributed by atoms with E-state index in [1.54, 1.807) is 6.92 Å². The molecule has 0 aromatic heterocycles. The summed E-state index contributed by atoms with van der Waals surface area (Å²) in [6.07, 6.45) is 2.72. The lowest BCUT2D eigenvalue weighted by Gasteiger charge is -2.32. The molecule has 0 aromatic rings. The van der Waals surface area contributed by atoms with Crippen LogP contribution in [0.1, 0.15) is 33.1 Å². The minimum atomic E-state index is -1.67. The highest BCUT2D eigenvalue weighted by molar-refractivity contribution is 6.13. The van der Waals surface area contributed by atoms with E-state index in [0.717, 1.165) is 12.8 Å². The smallest absolute Gasteiger partial charge is 0.247 e. The van der Waals surface area contributed by atoms with Crippen molar-refractivity contribution in [3.63, 3.8) is 0 Å². The standard InChI is InChI=1S/C12H16O3/c1-4-5-6-7-8-12(14)10(13)9(2)11(12)15-3/h14H,4-6H2,1-3H3. The maximum absolute atomic E-state index is 11.4. The first-order chi connectivity index (χ1) is 7.07. The van der Waals surface area contributed by atoms with Crippen molar-refractivity contribution in [3.05, 3.63) is 11.3 Å². The molecule has 0 fully saturated rings. The van der Waals surface area contributed by atoms with Gasteiger partial charge < -0.3 is 9.84 Å². The van der Waals surface area contributed by atoms with Gasteiger partial charge in [-0.2, -0.15) is 0 Å². The average molecular weight is 208 g/mol. The number of rotatable bonds is 3. The van der Waals surface area contributed by atoms with Crippen LogP contribution in [0.3, 0.4) is 0 Å². The Morgan fingerprint density at radius 1 is 1.53 bits per heavy atom. The number of aliphatic hydroxyl groups is 1. The maximum Gasteiger partial charge on any atom is 0.247 e. The molecular formula is C12H16O3. The first kappa shape index (κ1) is 11.8. The monoisotopic (exact) mass is 208 g/mol. The molecule has 0 spiro atoms. The van der Waals surface area contributed by atoms with E-state index in [1.807, 2.05) is 0 Å². The van der Waals surface area contributed by atoms with E-state index in [9.17, 15) is 9.90 Å². The summed E-state index contributed by atoms with van der Waals surface area (Å²) in [5, 5.41) is 9.90. The molecule has 1 rings (SSSR count). The van der Waals surface area contributed by atoms with Gasteiger partial charge in [-0.15, -0.1) is 0 Å². The van der Waals surface area contributed by atoms with E-state index in [2.05, 4.69) is 18.8 Å². The summed E-state index contributed by atoms with van der Waals surface area (Å²) in [4.78, 5) is 11.4. The molecule has 3 heteroatoms. The van der Waals surface area contributed by atoms with Crippen molar-refractivity contribution in [2.75, 3.05) is 7.11 Å². The first-order valence-corrected chi connectivity index (χ1v) is 5.10. The molecular weight excluding hydrogens is 192 g/mol. The number of ketones is 1. The topological polar surface area (TPSA) is 46.5 Å². The van der Waals surface area contributed by atoms with E-state index < -0.39 is 5.60 Å². The number of hydrogen-bond donors (Lipinski definition) is 1. The summed E-state index contributed by atoms with van der Waals surface area (Å²) in [5.41, 5.74) is -1.21. The molecule has 0 aliphatic heterocycles. The van der Waals surface area contributed by atoms with Gasteiger partial charge in [0.15, 0.2) is 5.76 Å². The zero-order valence-corrected chi connectivity index (χ0v) is 9.39. The zero-order chi connectivity index (χ0) is 11.5. The normalized spacial score (nSPS) is 24.4. The number of hydrogen-bond acceptors (Lipinski definition) is 3. The lowest BCUT2D eigenvalue weighted by atomic mass is 9.79. The summed E-state index contributed by atoms with van der Waals surface area (Å²) in [7, 11) is 1.43. The summed E-state index contributed by atoms with van der Waals surface area (Å²) in [6.45, 7) is 3.69. The van der Waals surface area contributed by atoms with Crippen molar-refractivity contribution < 1.29 is 14.6 Å². The van der Waals surface area contributed by atoms with Crippen molar-refractivity contribution in [1.82, 2.24) is 0 Å². The first-order valence-electron chi connectivity index (χ1n) is 5.10. The van der Waals surface area contributed by atoms with Gasteiger partial charge in [0.25, 0.3) is 0 Å². The minimum absolute atomic E-state index is 0.288. The van der Waals surface area contributed by atoms with E-state index in [0.29, 0.717) is 12.0 Å². The van der Waals surface area contributed by atoms with Gasteiger partial charge >= 0.3 is 0 Å². The Bertz CT molecular complexity index is 357. The van der Waals surface area contributed by atoms with Crippen molar-refractivity contribution in [2.45, 2.75) is 38.7 Å². The molecule has 1 unspecified atom stereocenters. The fourth-order valence-corrected chi connectivity index (χ4v) is 1.56. The predicted octanol–water partition coefficient (Wildman–Crippen LogP) is 1.41. The van der Waals surface area contributed by atoms with Gasteiger partial charge in [0, 0.05) is 12.0 Å². The molecule has 0 aromatic carbocycles. The number of carbonyl (C=O) groups is 1. The number of carbonyl (C=O) groups excluding carboxylic acids is 1. The van der Waals surface area contributed by atoms with E-state index in [-0.39, 0.29) is 11.5 Å². The third kappa shape index (κ3) is 1.91. The fraction of sp³-hybridized carbons (Fsp3) is 0.583. The van der Waals surface area contributed by atoms with Crippen molar-refractivity contribution in [1.29, 1.82) is 0 Å². The molecule has 3 nitrogen and oxygen atoms in total. The van der Waals surface area contributed by atoms with Crippen LogP contribution in [-0.2, 0) is 9.53 Å². The third-order valence-corrected chi connectivity index (χ3v) is 2.47. The van der Waals surface area contributed by atoms with Crippen molar-refractivity contribution in [2.24, 2.45) is 0 Å². The Kier molecular flexibility index (Phi) is 3.54. The molecule has 1 aliphatic carbocycles. The Morgan fingerprint density at radius 2 is 2.20 bits per heavy atom. The Morgan fingerprint density at radius 3 is 2.73 bits per heavy atom. The fourth-order valence-electron chi connectivity index (χ4n) is 1.56. The predicted molar refractivity (Wildman–Crippen MR) is 57.0 cm³/mol.